The SMILES string of the molecule is COc1ccc(NC(=O)[C@@H]2CCCN(S(=O)(=O)c3ccc(Cl)cc3)C2)cc1Cl. The number of anilines is 1. The van der Waals surface area contributed by atoms with E-state index in [-0.39, 0.29) is 17.3 Å². The Balaban J connectivity index is 1.71. The van der Waals surface area contributed by atoms with Crippen molar-refractivity contribution >= 4 is 44.8 Å². The van der Waals surface area contributed by atoms with Gasteiger partial charge in [0.2, 0.25) is 15.9 Å². The van der Waals surface area contributed by atoms with Crippen molar-refractivity contribution in [1.29, 1.82) is 0 Å². The second-order valence-corrected chi connectivity index (χ2v) is 9.28. The Morgan fingerprint density at radius 2 is 1.89 bits per heavy atom. The fourth-order valence-corrected chi connectivity index (χ4v) is 5.03. The van der Waals surface area contributed by atoms with Crippen LogP contribution in [0.5, 0.6) is 5.75 Å². The average molecular weight is 443 g/mol. The third-order valence-electron chi connectivity index (χ3n) is 4.63. The fourth-order valence-electron chi connectivity index (χ4n) is 3.12. The lowest BCUT2D eigenvalue weighted by atomic mass is 9.98. The first-order valence-electron chi connectivity index (χ1n) is 8.71. The zero-order valence-electron chi connectivity index (χ0n) is 15.2. The van der Waals surface area contributed by atoms with E-state index >= 15 is 0 Å². The van der Waals surface area contributed by atoms with Crippen molar-refractivity contribution in [1.82, 2.24) is 4.31 Å². The molecule has 150 valence electrons. The summed E-state index contributed by atoms with van der Waals surface area (Å²) < 4.78 is 32.2. The van der Waals surface area contributed by atoms with E-state index in [4.69, 9.17) is 27.9 Å². The van der Waals surface area contributed by atoms with E-state index in [1.165, 1.54) is 35.7 Å². The molecule has 28 heavy (non-hydrogen) atoms. The minimum absolute atomic E-state index is 0.126. The Morgan fingerprint density at radius 3 is 2.54 bits per heavy atom. The number of methoxy groups -OCH3 is 1. The van der Waals surface area contributed by atoms with Crippen LogP contribution in [-0.4, -0.2) is 38.8 Å². The number of benzene rings is 2. The normalized spacial score (nSPS) is 17.9. The molecule has 1 atom stereocenters. The maximum absolute atomic E-state index is 12.9. The standard InChI is InChI=1S/C19H20Cl2N2O4S/c1-27-18-9-6-15(11-17(18)21)22-19(24)13-3-2-10-23(12-13)28(25,26)16-7-4-14(20)5-8-16/h4-9,11,13H,2-3,10,12H2,1H3,(H,22,24)/t13-/m1/s1. The average Bonchev–Trinajstić information content (AvgIpc) is 2.68. The lowest BCUT2D eigenvalue weighted by Gasteiger charge is -2.31. The number of carbonyl (C=O) groups is 1. The summed E-state index contributed by atoms with van der Waals surface area (Å²) in [6.45, 7) is 0.504. The summed E-state index contributed by atoms with van der Waals surface area (Å²) in [6.07, 6.45) is 1.22. The maximum Gasteiger partial charge on any atom is 0.243 e. The van der Waals surface area contributed by atoms with Gasteiger partial charge in [0.25, 0.3) is 0 Å². The molecule has 1 saturated heterocycles. The molecule has 0 bridgehead atoms. The van der Waals surface area contributed by atoms with Crippen LogP contribution >= 0.6 is 23.2 Å². The lowest BCUT2D eigenvalue weighted by Crippen LogP contribution is -2.43. The molecule has 0 aliphatic carbocycles. The smallest absolute Gasteiger partial charge is 0.243 e. The van der Waals surface area contributed by atoms with Crippen LogP contribution in [0.4, 0.5) is 5.69 Å². The van der Waals surface area contributed by atoms with Gasteiger partial charge in [0, 0.05) is 23.8 Å². The van der Waals surface area contributed by atoms with Gasteiger partial charge in [-0.3, -0.25) is 4.79 Å². The number of nitrogens with one attached hydrogen (secondary N) is 1. The largest absolute Gasteiger partial charge is 0.495 e. The van der Waals surface area contributed by atoms with Gasteiger partial charge in [-0.15, -0.1) is 0 Å². The van der Waals surface area contributed by atoms with Crippen molar-refractivity contribution in [2.45, 2.75) is 17.7 Å². The van der Waals surface area contributed by atoms with Crippen LogP contribution < -0.4 is 10.1 Å². The molecule has 0 saturated carbocycles. The van der Waals surface area contributed by atoms with Crippen molar-refractivity contribution in [3.8, 4) is 5.75 Å². The molecule has 3 rings (SSSR count). The predicted molar refractivity (Wildman–Crippen MR) is 110 cm³/mol. The molecule has 2 aromatic carbocycles. The highest BCUT2D eigenvalue weighted by atomic mass is 35.5. The minimum Gasteiger partial charge on any atom is -0.495 e. The number of amides is 1. The lowest BCUT2D eigenvalue weighted by molar-refractivity contribution is -0.120. The van der Waals surface area contributed by atoms with Gasteiger partial charge in [-0.05, 0) is 55.3 Å². The molecular weight excluding hydrogens is 423 g/mol. The molecule has 1 amide bonds. The van der Waals surface area contributed by atoms with Gasteiger partial charge in [-0.25, -0.2) is 8.42 Å². The van der Waals surface area contributed by atoms with E-state index in [0.29, 0.717) is 40.9 Å². The van der Waals surface area contributed by atoms with Gasteiger partial charge < -0.3 is 10.1 Å². The molecule has 1 heterocycles. The molecule has 9 heteroatoms. The second kappa shape index (κ2) is 8.69. The van der Waals surface area contributed by atoms with Gasteiger partial charge in [-0.1, -0.05) is 23.2 Å². The molecule has 1 fully saturated rings. The molecule has 2 aromatic rings. The van der Waals surface area contributed by atoms with Crippen LogP contribution in [0.3, 0.4) is 0 Å². The third-order valence-corrected chi connectivity index (χ3v) is 7.05. The van der Waals surface area contributed by atoms with Gasteiger partial charge in [-0.2, -0.15) is 4.31 Å². The summed E-state index contributed by atoms with van der Waals surface area (Å²) >= 11 is 11.9. The first kappa shape index (κ1) is 20.9. The quantitative estimate of drug-likeness (QED) is 0.757. The van der Waals surface area contributed by atoms with Crippen molar-refractivity contribution in [2.75, 3.05) is 25.5 Å². The molecule has 1 aliphatic heterocycles. The molecule has 1 N–H and O–H groups in total. The van der Waals surface area contributed by atoms with E-state index in [9.17, 15) is 13.2 Å². The zero-order valence-corrected chi connectivity index (χ0v) is 17.5. The first-order chi connectivity index (χ1) is 13.3. The number of hydrogen-bond donors (Lipinski definition) is 1. The molecule has 6 nitrogen and oxygen atoms in total. The van der Waals surface area contributed by atoms with E-state index in [2.05, 4.69) is 5.32 Å². The molecule has 1 aliphatic rings. The van der Waals surface area contributed by atoms with Crippen LogP contribution in [0.15, 0.2) is 47.4 Å². The van der Waals surface area contributed by atoms with E-state index in [1.807, 2.05) is 0 Å². The third kappa shape index (κ3) is 4.60. The van der Waals surface area contributed by atoms with Crippen molar-refractivity contribution in [3.63, 3.8) is 0 Å². The van der Waals surface area contributed by atoms with Gasteiger partial charge in [0.15, 0.2) is 0 Å². The molecule has 0 spiro atoms. The number of piperidine rings is 1. The van der Waals surface area contributed by atoms with Crippen molar-refractivity contribution in [2.24, 2.45) is 5.92 Å². The summed E-state index contributed by atoms with van der Waals surface area (Å²) in [5.74, 6) is -0.175. The highest BCUT2D eigenvalue weighted by Crippen LogP contribution is 2.29. The van der Waals surface area contributed by atoms with Crippen LogP contribution in [0.1, 0.15) is 12.8 Å². The first-order valence-corrected chi connectivity index (χ1v) is 10.9. The number of carbonyl (C=O) groups excluding carboxylic acids is 1. The summed E-state index contributed by atoms with van der Waals surface area (Å²) in [4.78, 5) is 12.8. The Labute approximate surface area is 174 Å². The summed E-state index contributed by atoms with van der Waals surface area (Å²) in [5.41, 5.74) is 0.536. The number of halogens is 2. The molecule has 0 unspecified atom stereocenters. The number of ether oxygens (including phenoxy) is 1. The summed E-state index contributed by atoms with van der Waals surface area (Å²) in [5, 5.41) is 3.66. The van der Waals surface area contributed by atoms with Gasteiger partial charge in [0.05, 0.1) is 22.9 Å². The molecule has 0 radical (unpaired) electrons. The Bertz CT molecular complexity index is 964. The van der Waals surface area contributed by atoms with Crippen LogP contribution in [0.25, 0.3) is 0 Å². The maximum atomic E-state index is 12.9. The number of sulfonamides is 1. The summed E-state index contributed by atoms with van der Waals surface area (Å²) in [7, 11) is -2.17. The second-order valence-electron chi connectivity index (χ2n) is 6.49. The number of rotatable bonds is 5. The topological polar surface area (TPSA) is 75.7 Å². The fraction of sp³-hybridized carbons (Fsp3) is 0.316. The van der Waals surface area contributed by atoms with Crippen molar-refractivity contribution < 1.29 is 17.9 Å². The van der Waals surface area contributed by atoms with Gasteiger partial charge in [0.1, 0.15) is 5.75 Å². The predicted octanol–water partition coefficient (Wildman–Crippen LogP) is 4.04. The zero-order chi connectivity index (χ0) is 20.3. The van der Waals surface area contributed by atoms with E-state index in [1.54, 1.807) is 18.2 Å². The monoisotopic (exact) mass is 442 g/mol. The van der Waals surface area contributed by atoms with E-state index in [0.717, 1.165) is 0 Å². The minimum atomic E-state index is -3.68. The summed E-state index contributed by atoms with van der Waals surface area (Å²) in [6, 6.07) is 11.0. The highest BCUT2D eigenvalue weighted by molar-refractivity contribution is 7.89. The number of nitrogens with zero attached hydrogens (tertiary/aromatic N) is 1. The number of hydrogen-bond acceptors (Lipinski definition) is 4. The van der Waals surface area contributed by atoms with E-state index < -0.39 is 15.9 Å². The highest BCUT2D eigenvalue weighted by Gasteiger charge is 2.33. The van der Waals surface area contributed by atoms with Gasteiger partial charge >= 0.3 is 0 Å². The van der Waals surface area contributed by atoms with Crippen molar-refractivity contribution in [3.05, 3.63) is 52.5 Å². The Kier molecular flexibility index (Phi) is 6.50. The van der Waals surface area contributed by atoms with Crippen LogP contribution in [0.2, 0.25) is 10.0 Å². The Morgan fingerprint density at radius 1 is 1.18 bits per heavy atom. The Hall–Kier alpha value is -1.80. The molecular formula is C19H20Cl2N2O4S. The van der Waals surface area contributed by atoms with Crippen LogP contribution in [-0.2, 0) is 14.8 Å². The molecule has 0 aromatic heterocycles. The van der Waals surface area contributed by atoms with Crippen LogP contribution in [0, 0.1) is 5.92 Å².